The molecule has 1 aliphatic rings. The Morgan fingerprint density at radius 1 is 0.692 bits per heavy atom. The average Bonchev–Trinajstić information content (AvgIpc) is 2.95. The maximum atomic E-state index is 15.2. The van der Waals surface area contributed by atoms with Crippen LogP contribution in [-0.4, -0.2) is 0 Å². The lowest BCUT2D eigenvalue weighted by molar-refractivity contribution is 0.497. The fourth-order valence-electron chi connectivity index (χ4n) is 5.50. The molecule has 0 bridgehead atoms. The van der Waals surface area contributed by atoms with Crippen molar-refractivity contribution in [2.75, 3.05) is 0 Å². The van der Waals surface area contributed by atoms with Crippen molar-refractivity contribution in [2.45, 2.75) is 78.1 Å². The molecule has 3 aromatic rings. The van der Waals surface area contributed by atoms with Gasteiger partial charge in [-0.2, -0.15) is 0 Å². The highest BCUT2D eigenvalue weighted by molar-refractivity contribution is 5.74. The summed E-state index contributed by atoms with van der Waals surface area (Å²) in [6.07, 6.45) is 15.7. The number of allylic oxidation sites excluding steroid dienone is 4. The lowest BCUT2D eigenvalue weighted by atomic mass is 9.85. The molecule has 0 N–H and O–H groups in total. The lowest BCUT2D eigenvalue weighted by Gasteiger charge is -2.20. The van der Waals surface area contributed by atoms with Gasteiger partial charge in [0.15, 0.2) is 23.3 Å². The van der Waals surface area contributed by atoms with E-state index in [0.717, 1.165) is 37.7 Å². The zero-order valence-corrected chi connectivity index (χ0v) is 23.0. The third-order valence-corrected chi connectivity index (χ3v) is 7.81. The molecular weight excluding hydrogens is 496 g/mol. The predicted octanol–water partition coefficient (Wildman–Crippen LogP) is 11.2. The van der Waals surface area contributed by atoms with E-state index in [2.05, 4.69) is 13.0 Å². The van der Waals surface area contributed by atoms with Crippen molar-refractivity contribution >= 4 is 5.57 Å². The summed E-state index contributed by atoms with van der Waals surface area (Å²) in [6.45, 7) is 4.15. The van der Waals surface area contributed by atoms with Gasteiger partial charge in [-0.15, -0.1) is 0 Å². The predicted molar refractivity (Wildman–Crippen MR) is 154 cm³/mol. The third-order valence-electron chi connectivity index (χ3n) is 7.81. The van der Waals surface area contributed by atoms with Gasteiger partial charge in [0.25, 0.3) is 0 Å². The van der Waals surface area contributed by atoms with Crippen LogP contribution in [-0.2, 0) is 6.42 Å². The fraction of sp³-hybridized carbons (Fsp3) is 0.371. The molecule has 1 atom stereocenters. The van der Waals surface area contributed by atoms with Crippen LogP contribution < -0.4 is 0 Å². The minimum absolute atomic E-state index is 0.145. The molecule has 0 fully saturated rings. The first-order chi connectivity index (χ1) is 18.9. The molecule has 1 unspecified atom stereocenters. The van der Waals surface area contributed by atoms with Crippen LogP contribution in [0.3, 0.4) is 0 Å². The minimum atomic E-state index is -0.895. The highest BCUT2D eigenvalue weighted by atomic mass is 19.2. The number of unbranched alkanes of at least 4 members (excludes halogenated alkanes) is 5. The minimum Gasteiger partial charge on any atom is -0.203 e. The number of aryl methyl sites for hydroxylation is 1. The van der Waals surface area contributed by atoms with Crippen LogP contribution in [0, 0.1) is 29.2 Å². The van der Waals surface area contributed by atoms with E-state index in [9.17, 15) is 8.78 Å². The first kappa shape index (κ1) is 28.9. The van der Waals surface area contributed by atoms with Crippen molar-refractivity contribution in [3.63, 3.8) is 0 Å². The molecule has 0 radical (unpaired) electrons. The Morgan fingerprint density at radius 3 is 1.87 bits per heavy atom. The van der Waals surface area contributed by atoms with Crippen LogP contribution in [0.4, 0.5) is 17.6 Å². The first-order valence-electron chi connectivity index (χ1n) is 14.3. The second-order valence-electron chi connectivity index (χ2n) is 10.6. The second-order valence-corrected chi connectivity index (χ2v) is 10.6. The summed E-state index contributed by atoms with van der Waals surface area (Å²) in [6, 6.07) is 13.0. The number of hydrogen-bond acceptors (Lipinski definition) is 0. The van der Waals surface area contributed by atoms with Gasteiger partial charge in [-0.05, 0) is 67.2 Å². The Kier molecular flexibility index (Phi) is 10.2. The Balaban J connectivity index is 1.48. The van der Waals surface area contributed by atoms with E-state index in [1.54, 1.807) is 48.5 Å². The molecule has 3 aromatic carbocycles. The molecule has 0 aliphatic heterocycles. The van der Waals surface area contributed by atoms with Crippen molar-refractivity contribution in [3.8, 4) is 22.3 Å². The number of rotatable bonds is 11. The molecule has 1 aliphatic carbocycles. The van der Waals surface area contributed by atoms with Crippen LogP contribution in [0.5, 0.6) is 0 Å². The van der Waals surface area contributed by atoms with Crippen LogP contribution >= 0.6 is 0 Å². The molecule has 39 heavy (non-hydrogen) atoms. The summed E-state index contributed by atoms with van der Waals surface area (Å²) < 4.78 is 60.0. The van der Waals surface area contributed by atoms with Gasteiger partial charge in [0.1, 0.15) is 0 Å². The molecule has 4 rings (SSSR count). The lowest BCUT2D eigenvalue weighted by Crippen LogP contribution is -2.05. The molecule has 206 valence electrons. The van der Waals surface area contributed by atoms with Gasteiger partial charge in [-0.1, -0.05) is 106 Å². The Morgan fingerprint density at radius 2 is 1.26 bits per heavy atom. The van der Waals surface area contributed by atoms with Gasteiger partial charge in [-0.3, -0.25) is 0 Å². The molecule has 0 nitrogen and oxygen atoms in total. The molecule has 0 amide bonds. The zero-order valence-electron chi connectivity index (χ0n) is 23.0. The summed E-state index contributed by atoms with van der Waals surface area (Å²) in [4.78, 5) is 0. The molecule has 0 aromatic heterocycles. The largest absolute Gasteiger partial charge is 0.203 e. The van der Waals surface area contributed by atoms with Crippen LogP contribution in [0.25, 0.3) is 27.8 Å². The first-order valence-corrected chi connectivity index (χ1v) is 14.3. The smallest absolute Gasteiger partial charge is 0.167 e. The normalized spacial score (nSPS) is 15.6. The van der Waals surface area contributed by atoms with E-state index in [0.29, 0.717) is 41.0 Å². The van der Waals surface area contributed by atoms with E-state index in [1.165, 1.54) is 19.3 Å². The summed E-state index contributed by atoms with van der Waals surface area (Å²) in [7, 11) is 0. The van der Waals surface area contributed by atoms with E-state index < -0.39 is 23.3 Å². The highest BCUT2D eigenvalue weighted by Gasteiger charge is 2.21. The van der Waals surface area contributed by atoms with Crippen molar-refractivity contribution in [2.24, 2.45) is 5.92 Å². The van der Waals surface area contributed by atoms with Crippen molar-refractivity contribution in [3.05, 3.63) is 101 Å². The molecule has 0 saturated carbocycles. The van der Waals surface area contributed by atoms with E-state index in [4.69, 9.17) is 0 Å². The summed E-state index contributed by atoms with van der Waals surface area (Å²) in [5.74, 6) is -2.97. The standard InChI is InChI=1S/C35H38F4/c1-3-5-6-7-8-9-11-28-20-21-29(33(37)32(28)36)26-16-18-27(19-17-26)31-23-22-30(34(38)35(31)39)25-14-12-24(10-4-2)13-15-25/h4,10,14,16-24H,3,5-9,11-13,15H2,1-2H3. The van der Waals surface area contributed by atoms with Gasteiger partial charge < -0.3 is 0 Å². The fourth-order valence-corrected chi connectivity index (χ4v) is 5.50. The number of hydrogen-bond donors (Lipinski definition) is 0. The topological polar surface area (TPSA) is 0 Å². The third kappa shape index (κ3) is 6.90. The average molecular weight is 535 g/mol. The van der Waals surface area contributed by atoms with Crippen molar-refractivity contribution in [1.29, 1.82) is 0 Å². The number of benzene rings is 3. The van der Waals surface area contributed by atoms with Crippen molar-refractivity contribution in [1.82, 2.24) is 0 Å². The molecule has 0 saturated heterocycles. The van der Waals surface area contributed by atoms with Gasteiger partial charge in [0.2, 0.25) is 0 Å². The molecule has 4 heteroatoms. The zero-order chi connectivity index (χ0) is 27.8. The molecular formula is C35H38F4. The van der Waals surface area contributed by atoms with Gasteiger partial charge in [-0.25, -0.2) is 17.6 Å². The Hall–Kier alpha value is -3.14. The van der Waals surface area contributed by atoms with E-state index >= 15 is 8.78 Å². The maximum Gasteiger partial charge on any atom is 0.167 e. The van der Waals surface area contributed by atoms with E-state index in [-0.39, 0.29) is 11.1 Å². The van der Waals surface area contributed by atoms with E-state index in [1.807, 2.05) is 19.1 Å². The Labute approximate surface area is 230 Å². The summed E-state index contributed by atoms with van der Waals surface area (Å²) in [5, 5.41) is 0. The molecule has 0 spiro atoms. The van der Waals surface area contributed by atoms with Gasteiger partial charge in [0.05, 0.1) is 0 Å². The van der Waals surface area contributed by atoms with Gasteiger partial charge in [0, 0.05) is 16.7 Å². The van der Waals surface area contributed by atoms with Crippen molar-refractivity contribution < 1.29 is 17.6 Å². The number of halogens is 4. The van der Waals surface area contributed by atoms with Crippen LogP contribution in [0.15, 0.2) is 66.8 Å². The SMILES string of the molecule is CC=CC1CC=C(c2ccc(-c3ccc(-c4ccc(CCCCCCCC)c(F)c4F)cc3)c(F)c2F)CC1. The Bertz CT molecular complexity index is 1320. The molecule has 0 heterocycles. The highest BCUT2D eigenvalue weighted by Crippen LogP contribution is 2.36. The summed E-state index contributed by atoms with van der Waals surface area (Å²) >= 11 is 0. The monoisotopic (exact) mass is 534 g/mol. The van der Waals surface area contributed by atoms with Crippen LogP contribution in [0.2, 0.25) is 0 Å². The maximum absolute atomic E-state index is 15.2. The van der Waals surface area contributed by atoms with Crippen LogP contribution in [0.1, 0.15) is 82.8 Å². The second kappa shape index (κ2) is 13.8. The van der Waals surface area contributed by atoms with Gasteiger partial charge >= 0.3 is 0 Å². The quantitative estimate of drug-likeness (QED) is 0.130. The summed E-state index contributed by atoms with van der Waals surface area (Å²) in [5.41, 5.74) is 2.82.